The molecule has 2 amide bonds. The highest BCUT2D eigenvalue weighted by molar-refractivity contribution is 8.30. The number of nitrogens with one attached hydrogen (secondary N) is 2. The molecule has 10 heteroatoms. The molecule has 0 aromatic carbocycles. The zero-order valence-corrected chi connectivity index (χ0v) is 14.6. The fourth-order valence-corrected chi connectivity index (χ4v) is 2.08. The van der Waals surface area contributed by atoms with Gasteiger partial charge in [0.1, 0.15) is 8.77 Å². The van der Waals surface area contributed by atoms with E-state index in [1.807, 2.05) is 0 Å². The normalized spacial score (nSPS) is 13.4. The summed E-state index contributed by atoms with van der Waals surface area (Å²) in [6, 6.07) is 0. The van der Waals surface area contributed by atoms with Crippen LogP contribution < -0.4 is 10.6 Å². The molecule has 0 heterocycles. The van der Waals surface area contributed by atoms with Crippen LogP contribution in [0.15, 0.2) is 0 Å². The van der Waals surface area contributed by atoms with Crippen LogP contribution in [0.5, 0.6) is 0 Å². The predicted octanol–water partition coefficient (Wildman–Crippen LogP) is -1.03. The third-order valence-electron chi connectivity index (χ3n) is 2.51. The van der Waals surface area contributed by atoms with Gasteiger partial charge in [0.25, 0.3) is 0 Å². The second-order valence-corrected chi connectivity index (χ2v) is 7.61. The van der Waals surface area contributed by atoms with Crippen molar-refractivity contribution in [3.63, 3.8) is 0 Å². The molecule has 0 radical (unpaired) electrons. The molecule has 0 spiro atoms. The van der Waals surface area contributed by atoms with E-state index in [9.17, 15) is 13.8 Å². The summed E-state index contributed by atoms with van der Waals surface area (Å²) in [5.41, 5.74) is 0. The average Bonchev–Trinajstić information content (AvgIpc) is 2.48. The quantitative estimate of drug-likeness (QED) is 0.407. The molecule has 0 aromatic heterocycles. The molecule has 0 aliphatic rings. The van der Waals surface area contributed by atoms with Crippen LogP contribution in [0.1, 0.15) is 12.8 Å². The minimum absolute atomic E-state index is 0.0575. The number of hydrogen-bond donors (Lipinski definition) is 2. The van der Waals surface area contributed by atoms with Crippen molar-refractivity contribution in [3.8, 4) is 0 Å². The van der Waals surface area contributed by atoms with Crippen molar-refractivity contribution in [1.29, 1.82) is 0 Å². The summed E-state index contributed by atoms with van der Waals surface area (Å²) in [7, 11) is 0.0945. The van der Waals surface area contributed by atoms with Gasteiger partial charge in [-0.25, -0.2) is 4.21 Å². The zero-order chi connectivity index (χ0) is 16.8. The van der Waals surface area contributed by atoms with E-state index in [1.165, 1.54) is 7.11 Å². The van der Waals surface area contributed by atoms with Gasteiger partial charge in [0.05, 0.1) is 32.7 Å². The predicted molar refractivity (Wildman–Crippen MR) is 85.3 cm³/mol. The van der Waals surface area contributed by atoms with Gasteiger partial charge in [0, 0.05) is 44.2 Å². The second-order valence-electron chi connectivity index (χ2n) is 4.23. The minimum atomic E-state index is -2.75. The van der Waals surface area contributed by atoms with Gasteiger partial charge in [-0.3, -0.25) is 13.8 Å². The fourth-order valence-electron chi connectivity index (χ4n) is 1.31. The Morgan fingerprint density at radius 2 is 1.59 bits per heavy atom. The number of amides is 2. The first-order chi connectivity index (χ1) is 10.4. The monoisotopic (exact) mass is 356 g/mol. The van der Waals surface area contributed by atoms with Crippen molar-refractivity contribution in [2.75, 3.05) is 52.9 Å². The van der Waals surface area contributed by atoms with Crippen LogP contribution in [0.3, 0.4) is 0 Å². The fraction of sp³-hybridized carbons (Fsp3) is 0.833. The van der Waals surface area contributed by atoms with Crippen molar-refractivity contribution in [2.45, 2.75) is 12.8 Å². The summed E-state index contributed by atoms with van der Waals surface area (Å²) in [6.07, 6.45) is 0.138. The number of rotatable bonds is 13. The number of methoxy groups -OCH3 is 1. The Labute approximate surface area is 136 Å². The molecule has 1 atom stereocenters. The van der Waals surface area contributed by atoms with E-state index < -0.39 is 8.77 Å². The molecule has 0 bridgehead atoms. The average molecular weight is 356 g/mol. The van der Waals surface area contributed by atoms with Crippen molar-refractivity contribution in [2.24, 2.45) is 0 Å². The lowest BCUT2D eigenvalue weighted by Gasteiger charge is -2.08. The Morgan fingerprint density at radius 1 is 1.00 bits per heavy atom. The van der Waals surface area contributed by atoms with Gasteiger partial charge in [-0.15, -0.1) is 0 Å². The summed E-state index contributed by atoms with van der Waals surface area (Å²) in [4.78, 5) is 22.9. The minimum Gasteiger partial charge on any atom is -0.382 e. The first-order valence-corrected chi connectivity index (χ1v) is 9.37. The van der Waals surface area contributed by atoms with Gasteiger partial charge in [-0.1, -0.05) is 0 Å². The molecule has 22 heavy (non-hydrogen) atoms. The largest absolute Gasteiger partial charge is 0.382 e. The lowest BCUT2D eigenvalue weighted by molar-refractivity contribution is -0.126. The maximum atomic E-state index is 11.5. The Balaban J connectivity index is 3.59. The molecular formula is C12H24N2O6S2. The van der Waals surface area contributed by atoms with Gasteiger partial charge in [0.2, 0.25) is 11.8 Å². The number of carbonyl (C=O) groups is 2. The van der Waals surface area contributed by atoms with E-state index in [1.54, 1.807) is 7.11 Å². The van der Waals surface area contributed by atoms with Crippen molar-refractivity contribution in [3.05, 3.63) is 0 Å². The molecule has 0 aliphatic carbocycles. The van der Waals surface area contributed by atoms with Crippen molar-refractivity contribution < 1.29 is 27.5 Å². The maximum absolute atomic E-state index is 11.5. The van der Waals surface area contributed by atoms with E-state index in [-0.39, 0.29) is 37.0 Å². The van der Waals surface area contributed by atoms with Crippen LogP contribution in [0.2, 0.25) is 0 Å². The smallest absolute Gasteiger partial charge is 0.220 e. The molecular weight excluding hydrogens is 332 g/mol. The second kappa shape index (κ2) is 12.7. The SMILES string of the molecule is COCCOCCNC(=O)CCC(=O)NCCS(=O)(=S)OC. The summed E-state index contributed by atoms with van der Waals surface area (Å²) < 4.78 is 26.0. The molecule has 2 N–H and O–H groups in total. The first kappa shape index (κ1) is 21.2. The highest BCUT2D eigenvalue weighted by Crippen LogP contribution is 1.92. The summed E-state index contributed by atoms with van der Waals surface area (Å²) in [5.74, 6) is -0.461. The molecule has 1 unspecified atom stereocenters. The molecule has 130 valence electrons. The Morgan fingerprint density at radius 3 is 2.14 bits per heavy atom. The molecule has 0 aromatic rings. The summed E-state index contributed by atoms with van der Waals surface area (Å²) in [5, 5.41) is 5.17. The van der Waals surface area contributed by atoms with Crippen LogP contribution in [0, 0.1) is 0 Å². The Hall–Kier alpha value is -0.810. The summed E-state index contributed by atoms with van der Waals surface area (Å²) >= 11 is 4.66. The first-order valence-electron chi connectivity index (χ1n) is 6.79. The molecule has 0 aliphatic heterocycles. The van der Waals surface area contributed by atoms with Crippen LogP contribution in [0.4, 0.5) is 0 Å². The Bertz CT molecular complexity index is 427. The van der Waals surface area contributed by atoms with E-state index >= 15 is 0 Å². The van der Waals surface area contributed by atoms with Crippen LogP contribution in [-0.4, -0.2) is 68.9 Å². The molecule has 0 fully saturated rings. The number of carbonyl (C=O) groups excluding carboxylic acids is 2. The molecule has 0 saturated carbocycles. The summed E-state index contributed by atoms with van der Waals surface area (Å²) in [6.45, 7) is 1.92. The lowest BCUT2D eigenvalue weighted by atomic mass is 10.3. The van der Waals surface area contributed by atoms with Gasteiger partial charge in [-0.05, 0) is 0 Å². The van der Waals surface area contributed by atoms with Crippen molar-refractivity contribution in [1.82, 2.24) is 10.6 Å². The van der Waals surface area contributed by atoms with Gasteiger partial charge < -0.3 is 20.1 Å². The highest BCUT2D eigenvalue weighted by atomic mass is 32.8. The molecule has 0 rings (SSSR count). The topological polar surface area (TPSA) is 103 Å². The van der Waals surface area contributed by atoms with E-state index in [0.717, 1.165) is 0 Å². The number of hydrogen-bond acceptors (Lipinski definition) is 7. The zero-order valence-electron chi connectivity index (χ0n) is 12.9. The van der Waals surface area contributed by atoms with Crippen LogP contribution >= 0.6 is 0 Å². The van der Waals surface area contributed by atoms with Crippen LogP contribution in [-0.2, 0) is 43.2 Å². The highest BCUT2D eigenvalue weighted by Gasteiger charge is 2.08. The van der Waals surface area contributed by atoms with E-state index in [0.29, 0.717) is 26.4 Å². The van der Waals surface area contributed by atoms with E-state index in [2.05, 4.69) is 26.0 Å². The molecule has 0 saturated heterocycles. The standard InChI is InChI=1S/C12H24N2O6S2/c1-18-8-9-20-7-5-13-11(15)3-4-12(16)14-6-10-22(17,21)19-2/h3-10H2,1-2H3,(H,13,15)(H,14,16). The lowest BCUT2D eigenvalue weighted by Crippen LogP contribution is -2.32. The van der Waals surface area contributed by atoms with Crippen molar-refractivity contribution >= 4 is 31.8 Å². The van der Waals surface area contributed by atoms with E-state index in [4.69, 9.17) is 9.47 Å². The third-order valence-corrected chi connectivity index (χ3v) is 4.63. The van der Waals surface area contributed by atoms with Gasteiger partial charge in [-0.2, -0.15) is 0 Å². The van der Waals surface area contributed by atoms with Gasteiger partial charge in [0.15, 0.2) is 0 Å². The van der Waals surface area contributed by atoms with Crippen LogP contribution in [0.25, 0.3) is 0 Å². The third kappa shape index (κ3) is 12.9. The van der Waals surface area contributed by atoms with Gasteiger partial charge >= 0.3 is 0 Å². The number of ether oxygens (including phenoxy) is 2. The maximum Gasteiger partial charge on any atom is 0.220 e. The molecule has 8 nitrogen and oxygen atoms in total. The Kier molecular flexibility index (Phi) is 12.2.